The van der Waals surface area contributed by atoms with Gasteiger partial charge in [0.25, 0.3) is 0 Å². The summed E-state index contributed by atoms with van der Waals surface area (Å²) >= 11 is 5.52. The van der Waals surface area contributed by atoms with E-state index in [1.807, 2.05) is 0 Å². The molecule has 0 aromatic heterocycles. The zero-order chi connectivity index (χ0) is 20.3. The first-order valence-electron chi connectivity index (χ1n) is 9.85. The number of ether oxygens (including phenoxy) is 4. The summed E-state index contributed by atoms with van der Waals surface area (Å²) in [4.78, 5) is 14.5. The lowest BCUT2D eigenvalue weighted by molar-refractivity contribution is -0.0506. The maximum atomic E-state index is 12.0. The lowest BCUT2D eigenvalue weighted by Crippen LogP contribution is -2.49. The van der Waals surface area contributed by atoms with Gasteiger partial charge < -0.3 is 18.9 Å². The van der Waals surface area contributed by atoms with Crippen LogP contribution in [0.4, 0.5) is 4.79 Å². The second-order valence-electron chi connectivity index (χ2n) is 7.95. The van der Waals surface area contributed by atoms with E-state index < -0.39 is 6.16 Å². The molecule has 0 radical (unpaired) electrons. The normalized spacial score (nSPS) is 24.3. The van der Waals surface area contributed by atoms with Crippen molar-refractivity contribution in [3.63, 3.8) is 0 Å². The smallest absolute Gasteiger partial charge is 0.493 e. The number of alkyl halides is 1. The van der Waals surface area contributed by atoms with Crippen LogP contribution in [0.5, 0.6) is 11.5 Å². The lowest BCUT2D eigenvalue weighted by atomic mass is 9.79. The standard InChI is InChI=1S/C21H30ClNO5/c1-13(2)7-15-11-23-6-5-14-8-19(25-3)20(26-4)9-16(14)17(23)10-18(15)28-21(24)27-12-22/h8-9,13,15,17-18H,5-7,10-12H2,1-4H3/t15-,17-,18-/m1/s1. The number of halogens is 1. The number of hydrogen-bond donors (Lipinski definition) is 0. The third-order valence-corrected chi connectivity index (χ3v) is 5.87. The predicted octanol–water partition coefficient (Wildman–Crippen LogP) is 4.39. The van der Waals surface area contributed by atoms with Crippen LogP contribution in [0.3, 0.4) is 0 Å². The van der Waals surface area contributed by atoms with E-state index in [0.717, 1.165) is 43.9 Å². The van der Waals surface area contributed by atoms with Crippen molar-refractivity contribution in [3.05, 3.63) is 23.3 Å². The van der Waals surface area contributed by atoms with Crippen LogP contribution < -0.4 is 9.47 Å². The molecule has 0 aliphatic carbocycles. The van der Waals surface area contributed by atoms with Crippen molar-refractivity contribution < 1.29 is 23.7 Å². The molecule has 28 heavy (non-hydrogen) atoms. The Bertz CT molecular complexity index is 696. The molecule has 156 valence electrons. The minimum absolute atomic E-state index is 0.181. The average molecular weight is 412 g/mol. The van der Waals surface area contributed by atoms with E-state index in [1.165, 1.54) is 11.1 Å². The molecule has 1 saturated heterocycles. The Balaban J connectivity index is 1.87. The minimum Gasteiger partial charge on any atom is -0.493 e. The molecule has 6 nitrogen and oxygen atoms in total. The largest absolute Gasteiger partial charge is 0.509 e. The van der Waals surface area contributed by atoms with Crippen LogP contribution in [0.2, 0.25) is 0 Å². The quantitative estimate of drug-likeness (QED) is 0.511. The highest BCUT2D eigenvalue weighted by Crippen LogP contribution is 2.44. The fraction of sp³-hybridized carbons (Fsp3) is 0.667. The third-order valence-electron chi connectivity index (χ3n) is 5.76. The highest BCUT2D eigenvalue weighted by Gasteiger charge is 2.41. The SMILES string of the molecule is COc1cc2c(cc1OC)[C@H]1C[C@@H](OC(=O)OCCl)[C@H](CC(C)C)CN1CC2. The van der Waals surface area contributed by atoms with E-state index in [0.29, 0.717) is 5.92 Å². The lowest BCUT2D eigenvalue weighted by Gasteiger charge is -2.47. The first-order valence-corrected chi connectivity index (χ1v) is 10.4. The van der Waals surface area contributed by atoms with E-state index >= 15 is 0 Å². The molecular formula is C21H30ClNO5. The summed E-state index contributed by atoms with van der Waals surface area (Å²) in [6.45, 7) is 6.28. The Morgan fingerprint density at radius 3 is 2.61 bits per heavy atom. The molecule has 2 aliphatic heterocycles. The van der Waals surface area contributed by atoms with Gasteiger partial charge in [0, 0.05) is 31.5 Å². The van der Waals surface area contributed by atoms with Crippen molar-refractivity contribution in [2.75, 3.05) is 33.4 Å². The Morgan fingerprint density at radius 2 is 1.96 bits per heavy atom. The summed E-state index contributed by atoms with van der Waals surface area (Å²) in [5.41, 5.74) is 2.49. The second-order valence-corrected chi connectivity index (χ2v) is 8.17. The van der Waals surface area contributed by atoms with Crippen molar-refractivity contribution in [2.45, 2.75) is 45.3 Å². The van der Waals surface area contributed by atoms with E-state index in [1.54, 1.807) is 14.2 Å². The highest BCUT2D eigenvalue weighted by atomic mass is 35.5. The summed E-state index contributed by atoms with van der Waals surface area (Å²) in [6.07, 6.45) is 1.82. The Morgan fingerprint density at radius 1 is 1.25 bits per heavy atom. The Labute approximate surface area is 172 Å². The monoisotopic (exact) mass is 411 g/mol. The van der Waals surface area contributed by atoms with Crippen molar-refractivity contribution in [1.82, 2.24) is 4.90 Å². The average Bonchev–Trinajstić information content (AvgIpc) is 2.67. The van der Waals surface area contributed by atoms with Crippen molar-refractivity contribution in [3.8, 4) is 11.5 Å². The van der Waals surface area contributed by atoms with Crippen LogP contribution in [-0.4, -0.2) is 50.5 Å². The topological polar surface area (TPSA) is 57.2 Å². The molecule has 0 spiro atoms. The van der Waals surface area contributed by atoms with E-state index in [2.05, 4.69) is 30.9 Å². The molecule has 0 bridgehead atoms. The number of hydrogen-bond acceptors (Lipinski definition) is 6. The molecule has 1 aromatic rings. The molecule has 0 amide bonds. The van der Waals surface area contributed by atoms with Gasteiger partial charge in [-0.3, -0.25) is 4.90 Å². The Kier molecular flexibility index (Phi) is 6.94. The van der Waals surface area contributed by atoms with Crippen molar-refractivity contribution in [2.24, 2.45) is 11.8 Å². The van der Waals surface area contributed by atoms with Gasteiger partial charge >= 0.3 is 6.16 Å². The van der Waals surface area contributed by atoms with Gasteiger partial charge in [-0.05, 0) is 42.0 Å². The number of benzene rings is 1. The van der Waals surface area contributed by atoms with Gasteiger partial charge in [0.1, 0.15) is 6.10 Å². The zero-order valence-electron chi connectivity index (χ0n) is 17.1. The molecular weight excluding hydrogens is 382 g/mol. The predicted molar refractivity (Wildman–Crippen MR) is 107 cm³/mol. The van der Waals surface area contributed by atoms with Crippen LogP contribution in [0.1, 0.15) is 43.9 Å². The van der Waals surface area contributed by atoms with Crippen LogP contribution in [0, 0.1) is 11.8 Å². The van der Waals surface area contributed by atoms with Gasteiger partial charge in [-0.1, -0.05) is 25.4 Å². The fourth-order valence-electron chi connectivity index (χ4n) is 4.58. The number of rotatable bonds is 6. The minimum atomic E-state index is -0.689. The summed E-state index contributed by atoms with van der Waals surface area (Å²) in [7, 11) is 3.31. The highest BCUT2D eigenvalue weighted by molar-refractivity contribution is 6.17. The first kappa shape index (κ1) is 21.1. The van der Waals surface area contributed by atoms with Gasteiger partial charge in [0.2, 0.25) is 0 Å². The number of carbonyl (C=O) groups is 1. The van der Waals surface area contributed by atoms with Gasteiger partial charge in [-0.2, -0.15) is 0 Å². The maximum absolute atomic E-state index is 12.0. The number of carbonyl (C=O) groups excluding carboxylic acids is 1. The molecule has 1 fully saturated rings. The molecule has 0 unspecified atom stereocenters. The van der Waals surface area contributed by atoms with Gasteiger partial charge in [-0.15, -0.1) is 0 Å². The molecule has 2 heterocycles. The summed E-state index contributed by atoms with van der Waals surface area (Å²) in [6, 6.07) is 4.13. The molecule has 0 saturated carbocycles. The second kappa shape index (κ2) is 9.23. The fourth-order valence-corrected chi connectivity index (χ4v) is 4.67. The third kappa shape index (κ3) is 4.49. The number of piperidine rings is 1. The van der Waals surface area contributed by atoms with Crippen LogP contribution in [0.25, 0.3) is 0 Å². The van der Waals surface area contributed by atoms with Crippen molar-refractivity contribution in [1.29, 1.82) is 0 Å². The summed E-state index contributed by atoms with van der Waals surface area (Å²) < 4.78 is 21.5. The molecule has 7 heteroatoms. The summed E-state index contributed by atoms with van der Waals surface area (Å²) in [5, 5.41) is 0. The molecule has 2 aliphatic rings. The Hall–Kier alpha value is -1.66. The maximum Gasteiger partial charge on any atom is 0.509 e. The van der Waals surface area contributed by atoms with Crippen LogP contribution in [0.15, 0.2) is 12.1 Å². The van der Waals surface area contributed by atoms with E-state index in [-0.39, 0.29) is 24.1 Å². The zero-order valence-corrected chi connectivity index (χ0v) is 17.8. The molecule has 1 aromatic carbocycles. The van der Waals surface area contributed by atoms with E-state index in [4.69, 9.17) is 30.5 Å². The van der Waals surface area contributed by atoms with E-state index in [9.17, 15) is 4.79 Å². The van der Waals surface area contributed by atoms with Gasteiger partial charge in [0.05, 0.1) is 14.2 Å². The first-order chi connectivity index (χ1) is 13.5. The van der Waals surface area contributed by atoms with Crippen LogP contribution in [-0.2, 0) is 15.9 Å². The molecule has 3 rings (SSSR count). The molecule has 3 atom stereocenters. The van der Waals surface area contributed by atoms with Gasteiger partial charge in [-0.25, -0.2) is 4.79 Å². The van der Waals surface area contributed by atoms with Gasteiger partial charge in [0.15, 0.2) is 17.6 Å². The number of fused-ring (bicyclic) bond motifs is 3. The molecule has 0 N–H and O–H groups in total. The summed E-state index contributed by atoms with van der Waals surface area (Å²) in [5.74, 6) is 2.28. The number of methoxy groups -OCH3 is 2. The van der Waals surface area contributed by atoms with Crippen molar-refractivity contribution >= 4 is 17.8 Å². The number of nitrogens with zero attached hydrogens (tertiary/aromatic N) is 1. The van der Waals surface area contributed by atoms with Crippen LogP contribution >= 0.6 is 11.6 Å².